The van der Waals surface area contributed by atoms with Gasteiger partial charge in [-0.3, -0.25) is 4.57 Å². The third-order valence-corrected chi connectivity index (χ3v) is 14.0. The van der Waals surface area contributed by atoms with Crippen molar-refractivity contribution >= 4 is 65.4 Å². The zero-order valence-electron chi connectivity index (χ0n) is 37.0. The minimum absolute atomic E-state index is 0.219. The summed E-state index contributed by atoms with van der Waals surface area (Å²) in [6.07, 6.45) is 9.95. The van der Waals surface area contributed by atoms with Gasteiger partial charge >= 0.3 is 0 Å². The van der Waals surface area contributed by atoms with E-state index in [1.54, 1.807) is 0 Å². The van der Waals surface area contributed by atoms with Gasteiger partial charge in [0, 0.05) is 60.2 Å². The van der Waals surface area contributed by atoms with E-state index in [9.17, 15) is 0 Å². The molecule has 1 aliphatic carbocycles. The van der Waals surface area contributed by atoms with Gasteiger partial charge in [0.2, 0.25) is 0 Å². The molecule has 0 saturated carbocycles. The molecule has 0 saturated heterocycles. The number of benzene rings is 9. The van der Waals surface area contributed by atoms with Crippen molar-refractivity contribution in [2.24, 2.45) is 0 Å². The number of aromatic nitrogens is 6. The predicted molar refractivity (Wildman–Crippen MR) is 281 cm³/mol. The van der Waals surface area contributed by atoms with Crippen LogP contribution in [0.15, 0.2) is 237 Å². The van der Waals surface area contributed by atoms with Crippen LogP contribution in [0.2, 0.25) is 0 Å². The van der Waals surface area contributed by atoms with Gasteiger partial charge in [-0.15, -0.1) is 10.2 Å². The SMILES string of the molecule is C1=CCC(n2c3ccccc3c3ccc4c(c5ccccc5n4-c4cccc(-c5ccccc5-n5c6ccccc6c6cccc(-n7c(-c8ccccc8)nnc7-c7ccccc7)c65)c4)c32)C=C1. The molecule has 1 atom stereocenters. The molecule has 4 aromatic heterocycles. The summed E-state index contributed by atoms with van der Waals surface area (Å²) in [5.74, 6) is 1.57. The first-order valence-electron chi connectivity index (χ1n) is 23.4. The molecule has 0 aliphatic heterocycles. The van der Waals surface area contributed by atoms with Gasteiger partial charge in [0.05, 0.1) is 45.0 Å². The van der Waals surface area contributed by atoms with Crippen molar-refractivity contribution in [2.75, 3.05) is 0 Å². The smallest absolute Gasteiger partial charge is 0.168 e. The molecule has 13 aromatic rings. The van der Waals surface area contributed by atoms with E-state index in [2.05, 4.69) is 243 Å². The van der Waals surface area contributed by atoms with Crippen molar-refractivity contribution in [3.8, 4) is 51.0 Å². The highest BCUT2D eigenvalue weighted by Crippen LogP contribution is 2.45. The maximum Gasteiger partial charge on any atom is 0.168 e. The predicted octanol–water partition coefficient (Wildman–Crippen LogP) is 15.6. The molecular formula is C62H42N6. The molecule has 0 N–H and O–H groups in total. The molecule has 9 aromatic carbocycles. The minimum Gasteiger partial charge on any atom is -0.333 e. The van der Waals surface area contributed by atoms with E-state index in [1.807, 2.05) is 12.1 Å². The number of hydrogen-bond donors (Lipinski definition) is 0. The van der Waals surface area contributed by atoms with Gasteiger partial charge in [0.25, 0.3) is 0 Å². The normalized spacial score (nSPS) is 13.9. The molecule has 6 nitrogen and oxygen atoms in total. The zero-order valence-corrected chi connectivity index (χ0v) is 37.0. The second-order valence-corrected chi connectivity index (χ2v) is 17.7. The third-order valence-electron chi connectivity index (χ3n) is 14.0. The maximum atomic E-state index is 4.90. The molecule has 0 amide bonds. The van der Waals surface area contributed by atoms with E-state index in [-0.39, 0.29) is 6.04 Å². The fourth-order valence-corrected chi connectivity index (χ4v) is 11.1. The summed E-state index contributed by atoms with van der Waals surface area (Å²) in [7, 11) is 0. The Morgan fingerprint density at radius 2 is 0.956 bits per heavy atom. The first kappa shape index (κ1) is 38.3. The van der Waals surface area contributed by atoms with Crippen LogP contribution in [0.25, 0.3) is 116 Å². The molecule has 320 valence electrons. The molecule has 0 fully saturated rings. The summed E-state index contributed by atoms with van der Waals surface area (Å²) in [5, 5.41) is 17.2. The average molecular weight is 871 g/mol. The van der Waals surface area contributed by atoms with Gasteiger partial charge in [-0.05, 0) is 60.5 Å². The lowest BCUT2D eigenvalue weighted by Gasteiger charge is -2.19. The highest BCUT2D eigenvalue weighted by atomic mass is 15.3. The number of nitrogens with zero attached hydrogens (tertiary/aromatic N) is 6. The summed E-state index contributed by atoms with van der Waals surface area (Å²) >= 11 is 0. The molecule has 0 radical (unpaired) electrons. The lowest BCUT2D eigenvalue weighted by Crippen LogP contribution is -2.07. The molecule has 68 heavy (non-hydrogen) atoms. The van der Waals surface area contributed by atoms with E-state index >= 15 is 0 Å². The topological polar surface area (TPSA) is 45.5 Å². The Bertz CT molecular complexity index is 4120. The van der Waals surface area contributed by atoms with Gasteiger partial charge in [0.1, 0.15) is 0 Å². The van der Waals surface area contributed by atoms with Crippen LogP contribution < -0.4 is 0 Å². The van der Waals surface area contributed by atoms with E-state index < -0.39 is 0 Å². The van der Waals surface area contributed by atoms with E-state index in [0.717, 1.165) is 73.8 Å². The summed E-state index contributed by atoms with van der Waals surface area (Å²) < 4.78 is 9.75. The second kappa shape index (κ2) is 15.3. The van der Waals surface area contributed by atoms with Crippen LogP contribution >= 0.6 is 0 Å². The Morgan fingerprint density at radius 1 is 0.382 bits per heavy atom. The fourth-order valence-electron chi connectivity index (χ4n) is 11.1. The maximum absolute atomic E-state index is 4.90. The Hall–Kier alpha value is -9.00. The van der Waals surface area contributed by atoms with Crippen molar-refractivity contribution in [1.29, 1.82) is 0 Å². The first-order chi connectivity index (χ1) is 33.8. The zero-order chi connectivity index (χ0) is 44.7. The molecule has 6 heteroatoms. The van der Waals surface area contributed by atoms with Crippen LogP contribution in [0.1, 0.15) is 12.5 Å². The number of allylic oxidation sites excluding steroid dienone is 4. The van der Waals surface area contributed by atoms with Crippen LogP contribution in [-0.2, 0) is 0 Å². The van der Waals surface area contributed by atoms with Crippen molar-refractivity contribution in [3.63, 3.8) is 0 Å². The Kier molecular flexibility index (Phi) is 8.61. The third kappa shape index (κ3) is 5.71. The largest absolute Gasteiger partial charge is 0.333 e. The number of para-hydroxylation sites is 5. The van der Waals surface area contributed by atoms with E-state index in [1.165, 1.54) is 49.0 Å². The molecule has 14 rings (SSSR count). The quantitative estimate of drug-likeness (QED) is 0.160. The lowest BCUT2D eigenvalue weighted by molar-refractivity contribution is 0.649. The van der Waals surface area contributed by atoms with Gasteiger partial charge in [0.15, 0.2) is 11.6 Å². The van der Waals surface area contributed by atoms with Crippen LogP contribution in [-0.4, -0.2) is 28.5 Å². The van der Waals surface area contributed by atoms with E-state index in [4.69, 9.17) is 10.2 Å². The number of rotatable bonds is 7. The molecule has 1 unspecified atom stereocenters. The molecule has 4 heterocycles. The van der Waals surface area contributed by atoms with Crippen LogP contribution in [0, 0.1) is 0 Å². The monoisotopic (exact) mass is 870 g/mol. The molecular weight excluding hydrogens is 829 g/mol. The Morgan fingerprint density at radius 3 is 1.69 bits per heavy atom. The number of fused-ring (bicyclic) bond motifs is 10. The Labute approximate surface area is 392 Å². The van der Waals surface area contributed by atoms with Crippen LogP contribution in [0.5, 0.6) is 0 Å². The molecule has 1 aliphatic rings. The molecule has 0 bridgehead atoms. The molecule has 0 spiro atoms. The van der Waals surface area contributed by atoms with Crippen molar-refractivity contribution in [2.45, 2.75) is 12.5 Å². The standard InChI is InChI=1S/C62H42N6/c1-4-20-41(21-5-1)61-63-64-62(42-22-6-2-7-23-42)68(61)57-37-19-32-49-47-29-12-16-35-54(47)67(59(49)57)52-33-14-10-28-46(52)43-24-18-27-45(40-43)65-55-36-17-13-31-51(55)58-56(65)39-38-50-48-30-11-15-34-53(48)66(60(50)58)44-25-8-3-9-26-44/h1-25,27-40,44H,26H2. The van der Waals surface area contributed by atoms with Crippen molar-refractivity contribution in [1.82, 2.24) is 28.5 Å². The van der Waals surface area contributed by atoms with Crippen molar-refractivity contribution in [3.05, 3.63) is 237 Å². The van der Waals surface area contributed by atoms with Crippen molar-refractivity contribution < 1.29 is 0 Å². The van der Waals surface area contributed by atoms with Gasteiger partial charge in [-0.1, -0.05) is 188 Å². The van der Waals surface area contributed by atoms with Crippen LogP contribution in [0.4, 0.5) is 0 Å². The highest BCUT2D eigenvalue weighted by molar-refractivity contribution is 6.25. The summed E-state index contributed by atoms with van der Waals surface area (Å²) in [5.41, 5.74) is 14.6. The fraction of sp³-hybridized carbons (Fsp3) is 0.0323. The summed E-state index contributed by atoms with van der Waals surface area (Å²) in [6, 6.07) is 76.8. The minimum atomic E-state index is 0.219. The first-order valence-corrected chi connectivity index (χ1v) is 23.4. The van der Waals surface area contributed by atoms with Gasteiger partial charge in [-0.2, -0.15) is 0 Å². The second-order valence-electron chi connectivity index (χ2n) is 17.7. The van der Waals surface area contributed by atoms with E-state index in [0.29, 0.717) is 0 Å². The summed E-state index contributed by atoms with van der Waals surface area (Å²) in [6.45, 7) is 0. The average Bonchev–Trinajstić information content (AvgIpc) is 4.18. The number of hydrogen-bond acceptors (Lipinski definition) is 2. The lowest BCUT2D eigenvalue weighted by atomic mass is 10.0. The highest BCUT2D eigenvalue weighted by Gasteiger charge is 2.26. The van der Waals surface area contributed by atoms with Gasteiger partial charge in [-0.25, -0.2) is 0 Å². The van der Waals surface area contributed by atoms with Gasteiger partial charge < -0.3 is 13.7 Å². The Balaban J connectivity index is 1.01. The van der Waals surface area contributed by atoms with Crippen LogP contribution in [0.3, 0.4) is 0 Å². The summed E-state index contributed by atoms with van der Waals surface area (Å²) in [4.78, 5) is 0.